The largest absolute Gasteiger partial charge is 0.504 e. The minimum atomic E-state index is -0.965. The highest BCUT2D eigenvalue weighted by molar-refractivity contribution is 5.92. The lowest BCUT2D eigenvalue weighted by Crippen LogP contribution is -2.31. The summed E-state index contributed by atoms with van der Waals surface area (Å²) < 4.78 is 0. The van der Waals surface area contributed by atoms with E-state index in [-0.39, 0.29) is 17.1 Å². The first kappa shape index (κ1) is 18.8. The van der Waals surface area contributed by atoms with E-state index in [0.717, 1.165) is 31.5 Å². The molecular formula is C21H22N4O4. The number of carboxylic acids is 1. The molecule has 1 aliphatic rings. The van der Waals surface area contributed by atoms with Gasteiger partial charge in [0, 0.05) is 31.1 Å². The highest BCUT2D eigenvalue weighted by Gasteiger charge is 2.17. The van der Waals surface area contributed by atoms with Gasteiger partial charge in [-0.05, 0) is 43.0 Å². The lowest BCUT2D eigenvalue weighted by Gasteiger charge is -2.27. The predicted molar refractivity (Wildman–Crippen MR) is 110 cm³/mol. The standard InChI is InChI=1S/C21H22N4O4/c26-17-10-15-16(11-18(17)27)23-21(25-8-2-1-3-9-25)24-19(15)22-12-13-4-6-14(7-5-13)20(28)29/h4-7,10-11,26-27H,1-3,8-9,12H2,(H,28,29)(H,22,23,24). The number of hydrogen-bond donors (Lipinski definition) is 4. The Morgan fingerprint density at radius 3 is 2.38 bits per heavy atom. The molecule has 8 nitrogen and oxygen atoms in total. The van der Waals surface area contributed by atoms with Gasteiger partial charge >= 0.3 is 5.97 Å². The third-order valence-electron chi connectivity index (χ3n) is 5.08. The van der Waals surface area contributed by atoms with Crippen molar-refractivity contribution < 1.29 is 20.1 Å². The van der Waals surface area contributed by atoms with Crippen molar-refractivity contribution in [3.05, 3.63) is 47.5 Å². The Bertz CT molecular complexity index is 1050. The zero-order chi connectivity index (χ0) is 20.4. The number of rotatable bonds is 5. The molecule has 0 atom stereocenters. The number of aromatic hydroxyl groups is 2. The third-order valence-corrected chi connectivity index (χ3v) is 5.08. The van der Waals surface area contributed by atoms with Crippen LogP contribution in [0.2, 0.25) is 0 Å². The second-order valence-corrected chi connectivity index (χ2v) is 7.13. The van der Waals surface area contributed by atoms with Crippen LogP contribution in [-0.2, 0) is 6.54 Å². The van der Waals surface area contributed by atoms with Crippen LogP contribution in [0.5, 0.6) is 11.5 Å². The maximum Gasteiger partial charge on any atom is 0.335 e. The van der Waals surface area contributed by atoms with Crippen LogP contribution in [-0.4, -0.2) is 44.3 Å². The predicted octanol–water partition coefficient (Wildman–Crippen LogP) is 3.34. The molecule has 8 heteroatoms. The van der Waals surface area contributed by atoms with Gasteiger partial charge in [-0.15, -0.1) is 0 Å². The number of aromatic nitrogens is 2. The fraction of sp³-hybridized carbons (Fsp3) is 0.286. The maximum atomic E-state index is 11.0. The van der Waals surface area contributed by atoms with Gasteiger partial charge in [-0.3, -0.25) is 0 Å². The number of carboxylic acid groups (broad SMARTS) is 1. The summed E-state index contributed by atoms with van der Waals surface area (Å²) in [6.07, 6.45) is 3.36. The molecule has 0 spiro atoms. The number of nitrogens with zero attached hydrogens (tertiary/aromatic N) is 3. The van der Waals surface area contributed by atoms with Crippen LogP contribution >= 0.6 is 0 Å². The number of hydrogen-bond acceptors (Lipinski definition) is 7. The van der Waals surface area contributed by atoms with Gasteiger partial charge < -0.3 is 25.5 Å². The first-order chi connectivity index (χ1) is 14.0. The molecule has 0 saturated carbocycles. The molecule has 4 rings (SSSR count). The molecule has 1 saturated heterocycles. The van der Waals surface area contributed by atoms with Crippen LogP contribution in [0.1, 0.15) is 35.2 Å². The van der Waals surface area contributed by atoms with Crippen molar-refractivity contribution in [2.45, 2.75) is 25.8 Å². The van der Waals surface area contributed by atoms with Crippen LogP contribution in [0.3, 0.4) is 0 Å². The summed E-state index contributed by atoms with van der Waals surface area (Å²) in [4.78, 5) is 22.4. The molecule has 150 valence electrons. The molecule has 1 aliphatic heterocycles. The normalized spacial score (nSPS) is 14.1. The molecule has 1 aromatic heterocycles. The van der Waals surface area contributed by atoms with Gasteiger partial charge in [-0.2, -0.15) is 4.98 Å². The van der Waals surface area contributed by atoms with E-state index < -0.39 is 5.97 Å². The highest BCUT2D eigenvalue weighted by atomic mass is 16.4. The molecule has 29 heavy (non-hydrogen) atoms. The van der Waals surface area contributed by atoms with E-state index >= 15 is 0 Å². The van der Waals surface area contributed by atoms with E-state index in [0.29, 0.717) is 29.2 Å². The number of aromatic carboxylic acids is 1. The summed E-state index contributed by atoms with van der Waals surface area (Å²) >= 11 is 0. The van der Waals surface area contributed by atoms with Crippen molar-refractivity contribution in [2.75, 3.05) is 23.3 Å². The zero-order valence-corrected chi connectivity index (χ0v) is 15.8. The quantitative estimate of drug-likeness (QED) is 0.487. The second-order valence-electron chi connectivity index (χ2n) is 7.13. The fourth-order valence-electron chi connectivity index (χ4n) is 3.46. The molecule has 3 aromatic rings. The smallest absolute Gasteiger partial charge is 0.335 e. The fourth-order valence-corrected chi connectivity index (χ4v) is 3.46. The topological polar surface area (TPSA) is 119 Å². The minimum Gasteiger partial charge on any atom is -0.504 e. The molecule has 4 N–H and O–H groups in total. The monoisotopic (exact) mass is 394 g/mol. The van der Waals surface area contributed by atoms with Gasteiger partial charge in [-0.25, -0.2) is 9.78 Å². The molecule has 0 amide bonds. The van der Waals surface area contributed by atoms with Gasteiger partial charge in [0.05, 0.1) is 11.1 Å². The van der Waals surface area contributed by atoms with Crippen molar-refractivity contribution in [3.63, 3.8) is 0 Å². The first-order valence-electron chi connectivity index (χ1n) is 9.56. The Balaban J connectivity index is 1.66. The van der Waals surface area contributed by atoms with Crippen LogP contribution < -0.4 is 10.2 Å². The van der Waals surface area contributed by atoms with Gasteiger partial charge in [0.2, 0.25) is 5.95 Å². The van der Waals surface area contributed by atoms with E-state index in [1.165, 1.54) is 18.6 Å². The first-order valence-corrected chi connectivity index (χ1v) is 9.56. The zero-order valence-electron chi connectivity index (χ0n) is 15.8. The number of piperidine rings is 1. The summed E-state index contributed by atoms with van der Waals surface area (Å²) in [5, 5.41) is 32.7. The Morgan fingerprint density at radius 2 is 1.69 bits per heavy atom. The van der Waals surface area contributed by atoms with E-state index in [1.807, 2.05) is 0 Å². The second kappa shape index (κ2) is 7.83. The lowest BCUT2D eigenvalue weighted by atomic mass is 10.1. The number of fused-ring (bicyclic) bond motifs is 1. The average molecular weight is 394 g/mol. The Hall–Kier alpha value is -3.55. The molecule has 0 radical (unpaired) electrons. The number of phenolic OH excluding ortho intramolecular Hbond substituents is 2. The van der Waals surface area contributed by atoms with E-state index in [9.17, 15) is 15.0 Å². The van der Waals surface area contributed by atoms with Crippen molar-refractivity contribution >= 4 is 28.6 Å². The Labute approximate surface area is 167 Å². The summed E-state index contributed by atoms with van der Waals surface area (Å²) in [6, 6.07) is 9.48. The van der Waals surface area contributed by atoms with E-state index in [1.54, 1.807) is 24.3 Å². The summed E-state index contributed by atoms with van der Waals surface area (Å²) in [5.41, 5.74) is 1.66. The highest BCUT2D eigenvalue weighted by Crippen LogP contribution is 2.34. The molecule has 0 bridgehead atoms. The summed E-state index contributed by atoms with van der Waals surface area (Å²) in [5.74, 6) is -0.288. The molecule has 2 heterocycles. The Morgan fingerprint density at radius 1 is 1.00 bits per heavy atom. The SMILES string of the molecule is O=C(O)c1ccc(CNc2nc(N3CCCCC3)nc3cc(O)c(O)cc23)cc1. The van der Waals surface area contributed by atoms with Crippen LogP contribution in [0.4, 0.5) is 11.8 Å². The van der Waals surface area contributed by atoms with Crippen LogP contribution in [0.25, 0.3) is 10.9 Å². The van der Waals surface area contributed by atoms with E-state index in [2.05, 4.69) is 20.2 Å². The van der Waals surface area contributed by atoms with Gasteiger partial charge in [0.25, 0.3) is 0 Å². The van der Waals surface area contributed by atoms with Crippen molar-refractivity contribution in [3.8, 4) is 11.5 Å². The van der Waals surface area contributed by atoms with Crippen molar-refractivity contribution in [1.29, 1.82) is 0 Å². The molecule has 0 unspecified atom stereocenters. The molecule has 0 aliphatic carbocycles. The molecule has 1 fully saturated rings. The average Bonchev–Trinajstić information content (AvgIpc) is 2.74. The van der Waals surface area contributed by atoms with Gasteiger partial charge in [0.15, 0.2) is 11.5 Å². The number of anilines is 2. The minimum absolute atomic E-state index is 0.226. The molecular weight excluding hydrogens is 372 g/mol. The van der Waals surface area contributed by atoms with Gasteiger partial charge in [0.1, 0.15) is 5.82 Å². The Kier molecular flexibility index (Phi) is 5.07. The summed E-state index contributed by atoms with van der Waals surface area (Å²) in [6.45, 7) is 2.18. The summed E-state index contributed by atoms with van der Waals surface area (Å²) in [7, 11) is 0. The number of benzene rings is 2. The van der Waals surface area contributed by atoms with Gasteiger partial charge in [-0.1, -0.05) is 12.1 Å². The number of carbonyl (C=O) groups is 1. The van der Waals surface area contributed by atoms with Crippen molar-refractivity contribution in [1.82, 2.24) is 9.97 Å². The number of nitrogens with one attached hydrogen (secondary N) is 1. The van der Waals surface area contributed by atoms with Crippen LogP contribution in [0, 0.1) is 0 Å². The molecule has 2 aromatic carbocycles. The lowest BCUT2D eigenvalue weighted by molar-refractivity contribution is 0.0697. The maximum absolute atomic E-state index is 11.0. The van der Waals surface area contributed by atoms with Crippen LogP contribution in [0.15, 0.2) is 36.4 Å². The van der Waals surface area contributed by atoms with E-state index in [4.69, 9.17) is 5.11 Å². The van der Waals surface area contributed by atoms with Crippen molar-refractivity contribution in [2.24, 2.45) is 0 Å². The third kappa shape index (κ3) is 4.01. The number of phenols is 2.